The number of alkyl halides is 3. The van der Waals surface area contributed by atoms with Gasteiger partial charge in [-0.25, -0.2) is 0 Å². The van der Waals surface area contributed by atoms with E-state index in [9.17, 15) is 13.2 Å². The molecule has 0 unspecified atom stereocenters. The van der Waals surface area contributed by atoms with Gasteiger partial charge in [0, 0.05) is 0 Å². The number of halogens is 3. The van der Waals surface area contributed by atoms with Crippen LogP contribution in [0.2, 0.25) is 6.82 Å². The molecule has 0 spiro atoms. The van der Waals surface area contributed by atoms with Crippen LogP contribution in [-0.2, 0) is 0 Å². The summed E-state index contributed by atoms with van der Waals surface area (Å²) in [5.74, 6) is -0.160. The van der Waals surface area contributed by atoms with Gasteiger partial charge < -0.3 is 4.74 Å². The molecular formula is C8H8BF3O. The molecule has 0 saturated carbocycles. The molecule has 0 heterocycles. The Morgan fingerprint density at radius 2 is 2.00 bits per heavy atom. The Balaban J connectivity index is 2.78. The van der Waals surface area contributed by atoms with Gasteiger partial charge in [0.25, 0.3) is 0 Å². The van der Waals surface area contributed by atoms with Gasteiger partial charge in [0.05, 0.1) is 0 Å². The maximum absolute atomic E-state index is 11.8. The summed E-state index contributed by atoms with van der Waals surface area (Å²) in [6, 6.07) is 5.96. The molecule has 0 aliphatic heterocycles. The largest absolute Gasteiger partial charge is 0.573 e. The lowest BCUT2D eigenvalue weighted by atomic mass is 9.73. The maximum Gasteiger partial charge on any atom is 0.573 e. The molecule has 1 aromatic rings. The van der Waals surface area contributed by atoms with E-state index in [1.165, 1.54) is 12.1 Å². The van der Waals surface area contributed by atoms with Crippen molar-refractivity contribution in [2.45, 2.75) is 13.2 Å². The van der Waals surface area contributed by atoms with Crippen molar-refractivity contribution >= 4 is 12.7 Å². The van der Waals surface area contributed by atoms with Crippen LogP contribution in [0.5, 0.6) is 5.75 Å². The molecule has 1 aromatic carbocycles. The number of ether oxygens (including phenoxy) is 1. The quantitative estimate of drug-likeness (QED) is 0.641. The van der Waals surface area contributed by atoms with Gasteiger partial charge in [-0.1, -0.05) is 24.4 Å². The summed E-state index contributed by atoms with van der Waals surface area (Å²) in [6.07, 6.45) is -4.60. The van der Waals surface area contributed by atoms with Crippen molar-refractivity contribution in [1.82, 2.24) is 0 Å². The third kappa shape index (κ3) is 3.40. The summed E-state index contributed by atoms with van der Waals surface area (Å²) >= 11 is 0. The van der Waals surface area contributed by atoms with Gasteiger partial charge >= 0.3 is 6.36 Å². The van der Waals surface area contributed by atoms with Crippen LogP contribution in [0.15, 0.2) is 24.3 Å². The fourth-order valence-corrected chi connectivity index (χ4v) is 0.963. The van der Waals surface area contributed by atoms with Crippen molar-refractivity contribution in [3.8, 4) is 5.75 Å². The highest BCUT2D eigenvalue weighted by atomic mass is 19.4. The fourth-order valence-electron chi connectivity index (χ4n) is 0.963. The molecule has 0 N–H and O–H groups in total. The molecule has 70 valence electrons. The van der Waals surface area contributed by atoms with Crippen LogP contribution in [-0.4, -0.2) is 13.6 Å². The second-order valence-electron chi connectivity index (χ2n) is 2.55. The van der Waals surface area contributed by atoms with Crippen molar-refractivity contribution in [1.29, 1.82) is 0 Å². The van der Waals surface area contributed by atoms with Crippen molar-refractivity contribution in [3.63, 3.8) is 0 Å². The number of hydrogen-bond donors (Lipinski definition) is 0. The van der Waals surface area contributed by atoms with E-state index in [0.717, 1.165) is 5.46 Å². The van der Waals surface area contributed by atoms with E-state index in [1.54, 1.807) is 12.1 Å². The summed E-state index contributed by atoms with van der Waals surface area (Å²) < 4.78 is 39.0. The number of benzene rings is 1. The molecule has 0 amide bonds. The van der Waals surface area contributed by atoms with Crippen molar-refractivity contribution < 1.29 is 17.9 Å². The van der Waals surface area contributed by atoms with Gasteiger partial charge in [0.2, 0.25) is 0 Å². The lowest BCUT2D eigenvalue weighted by molar-refractivity contribution is -0.274. The average molecular weight is 188 g/mol. The molecule has 1 rings (SSSR count). The Hall–Kier alpha value is -1.13. The van der Waals surface area contributed by atoms with Gasteiger partial charge in [0.1, 0.15) is 5.75 Å². The standard InChI is InChI=1S/C8H8BF3O/c1-9-6-3-2-4-7(5-6)13-8(10,11)12/h2-5,9H,1H3. The summed E-state index contributed by atoms with van der Waals surface area (Å²) in [7, 11) is 0.690. The Kier molecular flexibility index (Phi) is 2.85. The molecule has 0 fully saturated rings. The van der Waals surface area contributed by atoms with E-state index in [2.05, 4.69) is 4.74 Å². The van der Waals surface area contributed by atoms with E-state index < -0.39 is 6.36 Å². The molecule has 0 saturated heterocycles. The van der Waals surface area contributed by atoms with E-state index in [0.29, 0.717) is 7.28 Å². The third-order valence-electron chi connectivity index (χ3n) is 1.54. The summed E-state index contributed by atoms with van der Waals surface area (Å²) in [4.78, 5) is 0. The minimum atomic E-state index is -4.60. The highest BCUT2D eigenvalue weighted by Gasteiger charge is 2.30. The summed E-state index contributed by atoms with van der Waals surface area (Å²) in [6.45, 7) is 1.87. The van der Waals surface area contributed by atoms with Gasteiger partial charge in [-0.2, -0.15) is 0 Å². The molecule has 1 nitrogen and oxygen atoms in total. The van der Waals surface area contributed by atoms with Crippen LogP contribution >= 0.6 is 0 Å². The predicted molar refractivity (Wildman–Crippen MR) is 45.8 cm³/mol. The second kappa shape index (κ2) is 3.72. The highest BCUT2D eigenvalue weighted by molar-refractivity contribution is 6.51. The summed E-state index contributed by atoms with van der Waals surface area (Å²) in [5.41, 5.74) is 0.821. The van der Waals surface area contributed by atoms with Crippen LogP contribution in [0.25, 0.3) is 0 Å². The van der Waals surface area contributed by atoms with Gasteiger partial charge in [-0.15, -0.1) is 13.2 Å². The molecular weight excluding hydrogens is 180 g/mol. The Labute approximate surface area is 74.8 Å². The third-order valence-corrected chi connectivity index (χ3v) is 1.54. The zero-order chi connectivity index (χ0) is 9.90. The van der Waals surface area contributed by atoms with Crippen LogP contribution < -0.4 is 10.2 Å². The normalized spacial score (nSPS) is 11.1. The van der Waals surface area contributed by atoms with Gasteiger partial charge in [-0.3, -0.25) is 0 Å². The van der Waals surface area contributed by atoms with Crippen LogP contribution in [0.1, 0.15) is 0 Å². The van der Waals surface area contributed by atoms with Crippen LogP contribution in [0.3, 0.4) is 0 Å². The molecule has 0 radical (unpaired) electrons. The van der Waals surface area contributed by atoms with Gasteiger partial charge in [0.15, 0.2) is 7.28 Å². The first-order chi connectivity index (χ1) is 6.01. The van der Waals surface area contributed by atoms with Crippen molar-refractivity contribution in [3.05, 3.63) is 24.3 Å². The Bertz CT molecular complexity index is 285. The molecule has 0 aliphatic carbocycles. The predicted octanol–water partition coefficient (Wildman–Crippen LogP) is 1.70. The van der Waals surface area contributed by atoms with Crippen LogP contribution in [0, 0.1) is 0 Å². The van der Waals surface area contributed by atoms with E-state index in [4.69, 9.17) is 0 Å². The monoisotopic (exact) mass is 188 g/mol. The minimum absolute atomic E-state index is 0.160. The molecule has 0 atom stereocenters. The zero-order valence-electron chi connectivity index (χ0n) is 7.06. The minimum Gasteiger partial charge on any atom is -0.406 e. The Morgan fingerprint density at radius 1 is 1.31 bits per heavy atom. The van der Waals surface area contributed by atoms with E-state index in [-0.39, 0.29) is 5.75 Å². The molecule has 5 heteroatoms. The lowest BCUT2D eigenvalue weighted by Gasteiger charge is -2.09. The first-order valence-electron chi connectivity index (χ1n) is 3.86. The second-order valence-corrected chi connectivity index (χ2v) is 2.55. The van der Waals surface area contributed by atoms with Crippen LogP contribution in [0.4, 0.5) is 13.2 Å². The summed E-state index contributed by atoms with van der Waals surface area (Å²) in [5, 5.41) is 0. The number of hydrogen-bond acceptors (Lipinski definition) is 1. The first kappa shape index (κ1) is 9.96. The molecule has 13 heavy (non-hydrogen) atoms. The van der Waals surface area contributed by atoms with Crippen molar-refractivity contribution in [2.75, 3.05) is 0 Å². The molecule has 0 aromatic heterocycles. The van der Waals surface area contributed by atoms with Gasteiger partial charge in [-0.05, 0) is 12.1 Å². The Morgan fingerprint density at radius 3 is 2.54 bits per heavy atom. The smallest absolute Gasteiger partial charge is 0.406 e. The molecule has 0 aliphatic rings. The highest BCUT2D eigenvalue weighted by Crippen LogP contribution is 2.20. The van der Waals surface area contributed by atoms with E-state index >= 15 is 0 Å². The SMILES string of the molecule is CBc1cccc(OC(F)(F)F)c1. The molecule has 0 bridgehead atoms. The average Bonchev–Trinajstić information content (AvgIpc) is 2.01. The van der Waals surface area contributed by atoms with Crippen molar-refractivity contribution in [2.24, 2.45) is 0 Å². The zero-order valence-corrected chi connectivity index (χ0v) is 7.06. The fraction of sp³-hybridized carbons (Fsp3) is 0.250. The lowest BCUT2D eigenvalue weighted by Crippen LogP contribution is -2.19. The van der Waals surface area contributed by atoms with E-state index in [1.807, 2.05) is 6.82 Å². The first-order valence-corrected chi connectivity index (χ1v) is 3.86. The topological polar surface area (TPSA) is 9.23 Å². The maximum atomic E-state index is 11.8. The number of rotatable bonds is 2.